The van der Waals surface area contributed by atoms with E-state index in [1.54, 1.807) is 12.1 Å². The molecule has 1 heterocycles. The summed E-state index contributed by atoms with van der Waals surface area (Å²) in [6.07, 6.45) is 6.04. The second-order valence-electron chi connectivity index (χ2n) is 6.74. The Balaban J connectivity index is 2.08. The third kappa shape index (κ3) is 3.50. The molecule has 2 rings (SSSR count). The normalized spacial score (nSPS) is 19.5. The first-order valence-electron chi connectivity index (χ1n) is 8.30. The summed E-state index contributed by atoms with van der Waals surface area (Å²) in [6, 6.07) is 4.98. The summed E-state index contributed by atoms with van der Waals surface area (Å²) in [5.74, 6) is 0.580. The van der Waals surface area contributed by atoms with E-state index in [4.69, 9.17) is 5.73 Å². The van der Waals surface area contributed by atoms with Crippen LogP contribution in [-0.2, 0) is 0 Å². The highest BCUT2D eigenvalue weighted by molar-refractivity contribution is 5.68. The Morgan fingerprint density at radius 3 is 2.48 bits per heavy atom. The SMILES string of the molecule is CCC(C)CC1(CC)CCN(c2c(N)cccc2F)CC1. The lowest BCUT2D eigenvalue weighted by atomic mass is 9.70. The minimum Gasteiger partial charge on any atom is -0.397 e. The van der Waals surface area contributed by atoms with Gasteiger partial charge < -0.3 is 10.6 Å². The molecule has 1 fully saturated rings. The molecule has 2 nitrogen and oxygen atoms in total. The van der Waals surface area contributed by atoms with Gasteiger partial charge in [0.1, 0.15) is 5.82 Å². The van der Waals surface area contributed by atoms with Crippen LogP contribution in [0.1, 0.15) is 52.9 Å². The number of hydrogen-bond acceptors (Lipinski definition) is 2. The minimum atomic E-state index is -0.194. The van der Waals surface area contributed by atoms with Gasteiger partial charge in [0.15, 0.2) is 0 Å². The Labute approximate surface area is 128 Å². The molecule has 0 radical (unpaired) electrons. The van der Waals surface area contributed by atoms with Gasteiger partial charge in [0.05, 0.1) is 11.4 Å². The number of rotatable bonds is 5. The van der Waals surface area contributed by atoms with Crippen LogP contribution in [0.2, 0.25) is 0 Å². The molecule has 1 aromatic carbocycles. The van der Waals surface area contributed by atoms with Crippen molar-refractivity contribution >= 4 is 11.4 Å². The largest absolute Gasteiger partial charge is 0.397 e. The standard InChI is InChI=1S/C18H29FN2/c1-4-14(3)13-18(5-2)9-11-21(12-10-18)17-15(19)7-6-8-16(17)20/h6-8,14H,4-5,9-13,20H2,1-3H3. The van der Waals surface area contributed by atoms with Gasteiger partial charge in [-0.15, -0.1) is 0 Å². The Morgan fingerprint density at radius 1 is 1.29 bits per heavy atom. The van der Waals surface area contributed by atoms with Crippen molar-refractivity contribution in [2.75, 3.05) is 23.7 Å². The lowest BCUT2D eigenvalue weighted by Gasteiger charge is -2.44. The van der Waals surface area contributed by atoms with Crippen molar-refractivity contribution in [2.24, 2.45) is 11.3 Å². The molecule has 1 aromatic rings. The summed E-state index contributed by atoms with van der Waals surface area (Å²) in [5.41, 5.74) is 7.57. The third-order valence-electron chi connectivity index (χ3n) is 5.39. The Hall–Kier alpha value is -1.25. The third-order valence-corrected chi connectivity index (χ3v) is 5.39. The number of nitrogen functional groups attached to an aromatic ring is 1. The molecule has 0 aliphatic carbocycles. The van der Waals surface area contributed by atoms with Crippen LogP contribution < -0.4 is 10.6 Å². The first-order valence-corrected chi connectivity index (χ1v) is 8.30. The number of para-hydroxylation sites is 1. The van der Waals surface area contributed by atoms with Gasteiger partial charge in [-0.3, -0.25) is 0 Å². The van der Waals surface area contributed by atoms with Gasteiger partial charge in [0.2, 0.25) is 0 Å². The Kier molecular flexibility index (Phi) is 5.13. The maximum Gasteiger partial charge on any atom is 0.148 e. The lowest BCUT2D eigenvalue weighted by molar-refractivity contribution is 0.159. The van der Waals surface area contributed by atoms with E-state index in [2.05, 4.69) is 25.7 Å². The average Bonchev–Trinajstić information content (AvgIpc) is 2.48. The smallest absolute Gasteiger partial charge is 0.148 e. The van der Waals surface area contributed by atoms with E-state index >= 15 is 0 Å². The Morgan fingerprint density at radius 2 is 1.95 bits per heavy atom. The highest BCUT2D eigenvalue weighted by Gasteiger charge is 2.34. The fourth-order valence-corrected chi connectivity index (χ4v) is 3.66. The highest BCUT2D eigenvalue weighted by atomic mass is 19.1. The summed E-state index contributed by atoms with van der Waals surface area (Å²) < 4.78 is 14.1. The number of piperidine rings is 1. The van der Waals surface area contributed by atoms with Gasteiger partial charge in [-0.05, 0) is 42.7 Å². The van der Waals surface area contributed by atoms with E-state index < -0.39 is 0 Å². The van der Waals surface area contributed by atoms with Crippen molar-refractivity contribution in [1.29, 1.82) is 0 Å². The summed E-state index contributed by atoms with van der Waals surface area (Å²) in [4.78, 5) is 2.13. The van der Waals surface area contributed by atoms with Crippen molar-refractivity contribution in [2.45, 2.75) is 52.9 Å². The maximum atomic E-state index is 14.1. The first kappa shape index (κ1) is 16.1. The van der Waals surface area contributed by atoms with Crippen LogP contribution in [0.3, 0.4) is 0 Å². The van der Waals surface area contributed by atoms with E-state index in [0.29, 0.717) is 16.8 Å². The van der Waals surface area contributed by atoms with Crippen LogP contribution in [0.25, 0.3) is 0 Å². The predicted octanol–water partition coefficient (Wildman–Crippen LogP) is 4.84. The van der Waals surface area contributed by atoms with Gasteiger partial charge in [-0.25, -0.2) is 4.39 Å². The molecule has 3 heteroatoms. The zero-order chi connectivity index (χ0) is 15.5. The summed E-state index contributed by atoms with van der Waals surface area (Å²) in [7, 11) is 0. The number of nitrogens with zero attached hydrogens (tertiary/aromatic N) is 1. The van der Waals surface area contributed by atoms with Crippen molar-refractivity contribution in [3.05, 3.63) is 24.0 Å². The van der Waals surface area contributed by atoms with Crippen LogP contribution >= 0.6 is 0 Å². The lowest BCUT2D eigenvalue weighted by Crippen LogP contribution is -2.41. The van der Waals surface area contributed by atoms with Gasteiger partial charge in [-0.2, -0.15) is 0 Å². The minimum absolute atomic E-state index is 0.194. The molecule has 0 bridgehead atoms. The van der Waals surface area contributed by atoms with Crippen LogP contribution in [0.5, 0.6) is 0 Å². The molecule has 1 aliphatic heterocycles. The van der Waals surface area contributed by atoms with Gasteiger partial charge in [0, 0.05) is 13.1 Å². The molecule has 0 spiro atoms. The molecule has 0 saturated carbocycles. The maximum absolute atomic E-state index is 14.1. The second-order valence-corrected chi connectivity index (χ2v) is 6.74. The van der Waals surface area contributed by atoms with E-state index in [-0.39, 0.29) is 5.82 Å². The van der Waals surface area contributed by atoms with Crippen molar-refractivity contribution in [3.63, 3.8) is 0 Å². The van der Waals surface area contributed by atoms with Gasteiger partial charge in [0.25, 0.3) is 0 Å². The molecule has 1 unspecified atom stereocenters. The number of hydrogen-bond donors (Lipinski definition) is 1. The van der Waals surface area contributed by atoms with Crippen molar-refractivity contribution in [1.82, 2.24) is 0 Å². The number of anilines is 2. The average molecular weight is 292 g/mol. The molecule has 118 valence electrons. The van der Waals surface area contributed by atoms with Crippen LogP contribution in [0.4, 0.5) is 15.8 Å². The predicted molar refractivity (Wildman–Crippen MR) is 89.1 cm³/mol. The zero-order valence-corrected chi connectivity index (χ0v) is 13.7. The highest BCUT2D eigenvalue weighted by Crippen LogP contribution is 2.43. The summed E-state index contributed by atoms with van der Waals surface area (Å²) >= 11 is 0. The van der Waals surface area contributed by atoms with Gasteiger partial charge >= 0.3 is 0 Å². The number of halogens is 1. The van der Waals surface area contributed by atoms with Gasteiger partial charge in [-0.1, -0.05) is 39.7 Å². The van der Waals surface area contributed by atoms with E-state index in [1.165, 1.54) is 25.3 Å². The molecule has 0 aromatic heterocycles. The molecular weight excluding hydrogens is 263 g/mol. The molecule has 2 N–H and O–H groups in total. The quantitative estimate of drug-likeness (QED) is 0.787. The van der Waals surface area contributed by atoms with E-state index in [1.807, 2.05) is 0 Å². The molecule has 21 heavy (non-hydrogen) atoms. The zero-order valence-electron chi connectivity index (χ0n) is 13.7. The van der Waals surface area contributed by atoms with Crippen LogP contribution in [0, 0.1) is 17.2 Å². The van der Waals surface area contributed by atoms with Crippen LogP contribution in [0.15, 0.2) is 18.2 Å². The number of benzene rings is 1. The summed E-state index contributed by atoms with van der Waals surface area (Å²) in [6.45, 7) is 8.74. The van der Waals surface area contributed by atoms with Crippen LogP contribution in [-0.4, -0.2) is 13.1 Å². The molecule has 1 saturated heterocycles. The monoisotopic (exact) mass is 292 g/mol. The first-order chi connectivity index (χ1) is 10.0. The van der Waals surface area contributed by atoms with E-state index in [0.717, 1.165) is 31.8 Å². The fourth-order valence-electron chi connectivity index (χ4n) is 3.66. The van der Waals surface area contributed by atoms with Crippen molar-refractivity contribution < 1.29 is 4.39 Å². The molecular formula is C18H29FN2. The second kappa shape index (κ2) is 6.67. The van der Waals surface area contributed by atoms with Crippen molar-refractivity contribution in [3.8, 4) is 0 Å². The fraction of sp³-hybridized carbons (Fsp3) is 0.667. The summed E-state index contributed by atoms with van der Waals surface area (Å²) in [5, 5.41) is 0. The topological polar surface area (TPSA) is 29.3 Å². The molecule has 0 amide bonds. The Bertz CT molecular complexity index is 444. The van der Waals surface area contributed by atoms with E-state index in [9.17, 15) is 4.39 Å². The molecule has 1 aliphatic rings. The molecule has 1 atom stereocenters. The number of nitrogens with two attached hydrogens (primary N) is 1.